The number of carbonyl (C=O) groups is 3. The van der Waals surface area contributed by atoms with Crippen LogP contribution in [0.2, 0.25) is 0 Å². The van der Waals surface area contributed by atoms with Crippen LogP contribution in [0.3, 0.4) is 0 Å². The van der Waals surface area contributed by atoms with Crippen molar-refractivity contribution >= 4 is 23.5 Å². The minimum Gasteiger partial charge on any atom is -0.508 e. The highest BCUT2D eigenvalue weighted by Crippen LogP contribution is 2.13. The van der Waals surface area contributed by atoms with Crippen molar-refractivity contribution in [2.45, 2.75) is 19.9 Å². The fraction of sp³-hybridized carbons (Fsp3) is 0.400. The second kappa shape index (κ2) is 8.74. The quantitative estimate of drug-likeness (QED) is 0.570. The third-order valence-electron chi connectivity index (χ3n) is 3.16. The monoisotopic (exact) mass is 322 g/mol. The number of carbonyl (C=O) groups excluding carboxylic acids is 3. The van der Waals surface area contributed by atoms with Crippen LogP contribution in [0.5, 0.6) is 5.75 Å². The second-order valence-corrected chi connectivity index (χ2v) is 5.03. The predicted molar refractivity (Wildman–Crippen MR) is 86.0 cm³/mol. The molecule has 1 aromatic rings. The zero-order valence-electron chi connectivity index (χ0n) is 13.4. The Balaban J connectivity index is 2.48. The van der Waals surface area contributed by atoms with E-state index in [9.17, 15) is 19.5 Å². The van der Waals surface area contributed by atoms with Crippen molar-refractivity contribution in [3.05, 3.63) is 24.3 Å². The first-order chi connectivity index (χ1) is 10.8. The van der Waals surface area contributed by atoms with Crippen molar-refractivity contribution in [2.24, 2.45) is 0 Å². The molecule has 0 heterocycles. The molecule has 4 amide bonds. The molecule has 126 valence electrons. The van der Waals surface area contributed by atoms with Crippen molar-refractivity contribution < 1.29 is 19.5 Å². The number of phenolic OH excluding ortho intramolecular Hbond substituents is 1. The molecule has 8 heteroatoms. The molecule has 1 rings (SSSR count). The van der Waals surface area contributed by atoms with Gasteiger partial charge in [-0.2, -0.15) is 0 Å². The second-order valence-electron chi connectivity index (χ2n) is 5.03. The lowest BCUT2D eigenvalue weighted by Gasteiger charge is -2.22. The summed E-state index contributed by atoms with van der Waals surface area (Å²) in [5.74, 6) is -0.692. The van der Waals surface area contributed by atoms with Crippen LogP contribution >= 0.6 is 0 Å². The van der Waals surface area contributed by atoms with Crippen LogP contribution < -0.4 is 16.0 Å². The van der Waals surface area contributed by atoms with Gasteiger partial charge in [0.25, 0.3) is 0 Å². The predicted octanol–water partition coefficient (Wildman–Crippen LogP) is 0.497. The number of likely N-dealkylation sites (N-methyl/N-ethyl adjacent to an activating group) is 1. The maximum absolute atomic E-state index is 11.9. The number of hydrogen-bond donors (Lipinski definition) is 4. The van der Waals surface area contributed by atoms with E-state index in [1.807, 2.05) is 0 Å². The van der Waals surface area contributed by atoms with Crippen molar-refractivity contribution in [1.29, 1.82) is 0 Å². The maximum Gasteiger partial charge on any atom is 0.321 e. The van der Waals surface area contributed by atoms with Gasteiger partial charge in [0.05, 0.1) is 12.6 Å². The van der Waals surface area contributed by atoms with Gasteiger partial charge in [-0.15, -0.1) is 0 Å². The van der Waals surface area contributed by atoms with Gasteiger partial charge in [-0.05, 0) is 45.2 Å². The van der Waals surface area contributed by atoms with Crippen LogP contribution in [0.15, 0.2) is 24.3 Å². The van der Waals surface area contributed by atoms with E-state index in [1.165, 1.54) is 17.0 Å². The topological polar surface area (TPSA) is 111 Å². The molecular weight excluding hydrogens is 300 g/mol. The highest BCUT2D eigenvalue weighted by molar-refractivity contribution is 5.97. The number of imide groups is 1. The summed E-state index contributed by atoms with van der Waals surface area (Å²) in [5, 5.41) is 16.5. The van der Waals surface area contributed by atoms with Gasteiger partial charge in [-0.25, -0.2) is 4.79 Å². The Morgan fingerprint density at radius 3 is 2.39 bits per heavy atom. The molecule has 1 aromatic carbocycles. The molecule has 0 bridgehead atoms. The molecule has 8 nitrogen and oxygen atoms in total. The number of amides is 4. The molecule has 0 aliphatic carbocycles. The number of rotatable bonds is 6. The van der Waals surface area contributed by atoms with Crippen LogP contribution in [0.25, 0.3) is 0 Å². The minimum atomic E-state index is -0.650. The van der Waals surface area contributed by atoms with Gasteiger partial charge in [-0.3, -0.25) is 19.8 Å². The Morgan fingerprint density at radius 1 is 1.22 bits per heavy atom. The molecule has 4 N–H and O–H groups in total. The summed E-state index contributed by atoms with van der Waals surface area (Å²) in [7, 11) is 1.61. The van der Waals surface area contributed by atoms with Gasteiger partial charge in [-0.1, -0.05) is 0 Å². The van der Waals surface area contributed by atoms with Crippen LogP contribution in [-0.4, -0.2) is 54.0 Å². The van der Waals surface area contributed by atoms with Crippen molar-refractivity contribution in [3.63, 3.8) is 0 Å². The number of nitrogens with zero attached hydrogens (tertiary/aromatic N) is 1. The highest BCUT2D eigenvalue weighted by atomic mass is 16.3. The number of hydrogen-bond acceptors (Lipinski definition) is 5. The highest BCUT2D eigenvalue weighted by Gasteiger charge is 2.21. The average molecular weight is 322 g/mol. The molecule has 1 atom stereocenters. The van der Waals surface area contributed by atoms with E-state index in [-0.39, 0.29) is 18.2 Å². The van der Waals surface area contributed by atoms with Crippen molar-refractivity contribution in [2.75, 3.05) is 25.5 Å². The summed E-state index contributed by atoms with van der Waals surface area (Å²) < 4.78 is 0. The third kappa shape index (κ3) is 6.35. The normalized spacial score (nSPS) is 11.7. The average Bonchev–Trinajstić information content (AvgIpc) is 2.48. The van der Waals surface area contributed by atoms with Gasteiger partial charge in [0, 0.05) is 12.2 Å². The number of benzene rings is 1. The summed E-state index contributed by atoms with van der Waals surface area (Å²) in [6, 6.07) is 4.84. The summed E-state index contributed by atoms with van der Waals surface area (Å²) >= 11 is 0. The lowest BCUT2D eigenvalue weighted by Crippen LogP contribution is -2.49. The Morgan fingerprint density at radius 2 is 1.83 bits per heavy atom. The first-order valence-electron chi connectivity index (χ1n) is 7.21. The number of nitrogens with one attached hydrogen (secondary N) is 3. The Hall–Kier alpha value is -2.61. The molecular formula is C15H22N4O4. The summed E-state index contributed by atoms with van der Waals surface area (Å²) in [5.41, 5.74) is 0.542. The Kier molecular flexibility index (Phi) is 7.01. The molecule has 0 radical (unpaired) electrons. The van der Waals surface area contributed by atoms with E-state index < -0.39 is 18.0 Å². The van der Waals surface area contributed by atoms with Gasteiger partial charge in [0.1, 0.15) is 5.75 Å². The van der Waals surface area contributed by atoms with Gasteiger partial charge in [0.15, 0.2) is 0 Å². The van der Waals surface area contributed by atoms with Crippen LogP contribution in [-0.2, 0) is 9.59 Å². The van der Waals surface area contributed by atoms with Crippen molar-refractivity contribution in [1.82, 2.24) is 15.5 Å². The minimum absolute atomic E-state index is 0.0230. The molecule has 0 unspecified atom stereocenters. The zero-order valence-corrected chi connectivity index (χ0v) is 13.4. The molecule has 0 fully saturated rings. The first kappa shape index (κ1) is 18.4. The fourth-order valence-electron chi connectivity index (χ4n) is 1.73. The van der Waals surface area contributed by atoms with Gasteiger partial charge < -0.3 is 15.7 Å². The van der Waals surface area contributed by atoms with E-state index in [0.29, 0.717) is 12.2 Å². The number of phenols is 1. The van der Waals surface area contributed by atoms with E-state index in [2.05, 4.69) is 16.0 Å². The lowest BCUT2D eigenvalue weighted by molar-refractivity contribution is -0.125. The van der Waals surface area contributed by atoms with E-state index in [0.717, 1.165) is 0 Å². The van der Waals surface area contributed by atoms with Crippen LogP contribution in [0.4, 0.5) is 10.5 Å². The Bertz CT molecular complexity index is 559. The largest absolute Gasteiger partial charge is 0.508 e. The van der Waals surface area contributed by atoms with E-state index in [4.69, 9.17) is 0 Å². The fourth-order valence-corrected chi connectivity index (χ4v) is 1.73. The van der Waals surface area contributed by atoms with E-state index >= 15 is 0 Å². The molecule has 0 aromatic heterocycles. The maximum atomic E-state index is 11.9. The number of anilines is 1. The first-order valence-corrected chi connectivity index (χ1v) is 7.21. The van der Waals surface area contributed by atoms with E-state index in [1.54, 1.807) is 33.0 Å². The Labute approximate surface area is 134 Å². The third-order valence-corrected chi connectivity index (χ3v) is 3.16. The number of aromatic hydroxyl groups is 1. The zero-order chi connectivity index (χ0) is 17.4. The van der Waals surface area contributed by atoms with Gasteiger partial charge >= 0.3 is 6.03 Å². The SMILES string of the molecule is CCNC(=O)NC(=O)[C@H](C)N(C)CC(=O)Nc1ccc(O)cc1. The summed E-state index contributed by atoms with van der Waals surface area (Å²) in [4.78, 5) is 36.6. The summed E-state index contributed by atoms with van der Waals surface area (Å²) in [6.45, 7) is 3.74. The van der Waals surface area contributed by atoms with Crippen LogP contribution in [0, 0.1) is 0 Å². The summed E-state index contributed by atoms with van der Waals surface area (Å²) in [6.07, 6.45) is 0. The van der Waals surface area contributed by atoms with Crippen LogP contribution in [0.1, 0.15) is 13.8 Å². The standard InChI is InChI=1S/C15H22N4O4/c1-4-16-15(23)18-14(22)10(2)19(3)9-13(21)17-11-5-7-12(20)8-6-11/h5-8,10,20H,4,9H2,1-3H3,(H,17,21)(H2,16,18,22,23)/t10-/m0/s1. The molecule has 23 heavy (non-hydrogen) atoms. The van der Waals surface area contributed by atoms with Crippen molar-refractivity contribution in [3.8, 4) is 5.75 Å². The lowest BCUT2D eigenvalue weighted by atomic mass is 10.2. The molecule has 0 saturated carbocycles. The number of urea groups is 1. The molecule has 0 spiro atoms. The smallest absolute Gasteiger partial charge is 0.321 e. The molecule has 0 aliphatic rings. The molecule has 0 saturated heterocycles. The molecule has 0 aliphatic heterocycles. The van der Waals surface area contributed by atoms with Gasteiger partial charge in [0.2, 0.25) is 11.8 Å².